The van der Waals surface area contributed by atoms with E-state index in [0.717, 1.165) is 0 Å². The van der Waals surface area contributed by atoms with Gasteiger partial charge < -0.3 is 9.80 Å². The topological polar surface area (TPSA) is 40.6 Å². The first kappa shape index (κ1) is 11.0. The first-order chi connectivity index (χ1) is 6.52. The van der Waals surface area contributed by atoms with Crippen LogP contribution < -0.4 is 0 Å². The zero-order valence-corrected chi connectivity index (χ0v) is 9.12. The molecule has 80 valence electrons. The first-order valence-electron chi connectivity index (χ1n) is 5.06. The lowest BCUT2D eigenvalue weighted by molar-refractivity contribution is -0.140. The molecule has 1 heterocycles. The second-order valence-corrected chi connectivity index (χ2v) is 3.99. The van der Waals surface area contributed by atoms with Gasteiger partial charge in [-0.25, -0.2) is 0 Å². The number of amides is 2. The summed E-state index contributed by atoms with van der Waals surface area (Å²) in [6, 6.07) is 0. The Balaban J connectivity index is 2.43. The molecule has 0 aromatic carbocycles. The van der Waals surface area contributed by atoms with E-state index in [1.807, 2.05) is 18.7 Å². The normalized spacial score (nSPS) is 17.4. The third kappa shape index (κ3) is 2.47. The number of hydrogen-bond acceptors (Lipinski definition) is 2. The minimum absolute atomic E-state index is 0.0545. The molecule has 1 aliphatic heterocycles. The number of carbonyl (C=O) groups is 2. The Bertz CT molecular complexity index is 230. The van der Waals surface area contributed by atoms with Gasteiger partial charge in [0.05, 0.1) is 0 Å². The van der Waals surface area contributed by atoms with E-state index in [1.165, 1.54) is 0 Å². The smallest absolute Gasteiger partial charge is 0.225 e. The van der Waals surface area contributed by atoms with Crippen LogP contribution in [0.1, 0.15) is 20.8 Å². The third-order valence-corrected chi connectivity index (χ3v) is 2.53. The number of rotatable bonds is 1. The summed E-state index contributed by atoms with van der Waals surface area (Å²) >= 11 is 0. The lowest BCUT2D eigenvalue weighted by atomic mass is 10.1. The Hall–Kier alpha value is -1.06. The SMILES string of the molecule is CC(=O)N1CCN(C(=O)C(C)C)CC1. The van der Waals surface area contributed by atoms with Crippen LogP contribution in [0, 0.1) is 5.92 Å². The summed E-state index contributed by atoms with van der Waals surface area (Å²) in [6.45, 7) is 8.08. The molecule has 0 atom stereocenters. The Kier molecular flexibility index (Phi) is 3.49. The summed E-state index contributed by atoms with van der Waals surface area (Å²) in [5.74, 6) is 0.341. The van der Waals surface area contributed by atoms with Gasteiger partial charge in [0.15, 0.2) is 0 Å². The van der Waals surface area contributed by atoms with E-state index in [1.54, 1.807) is 11.8 Å². The van der Waals surface area contributed by atoms with Crippen LogP contribution in [0.25, 0.3) is 0 Å². The molecule has 14 heavy (non-hydrogen) atoms. The van der Waals surface area contributed by atoms with Gasteiger partial charge in [0.2, 0.25) is 11.8 Å². The molecular formula is C10H18N2O2. The van der Waals surface area contributed by atoms with Gasteiger partial charge in [-0.1, -0.05) is 13.8 Å². The number of hydrogen-bond donors (Lipinski definition) is 0. The van der Waals surface area contributed by atoms with Crippen LogP contribution in [0.5, 0.6) is 0 Å². The number of carbonyl (C=O) groups excluding carboxylic acids is 2. The van der Waals surface area contributed by atoms with Gasteiger partial charge in [-0.15, -0.1) is 0 Å². The van der Waals surface area contributed by atoms with Gasteiger partial charge in [-0.3, -0.25) is 9.59 Å². The van der Waals surface area contributed by atoms with Gasteiger partial charge in [-0.2, -0.15) is 0 Å². The second-order valence-electron chi connectivity index (χ2n) is 3.99. The summed E-state index contributed by atoms with van der Waals surface area (Å²) < 4.78 is 0. The van der Waals surface area contributed by atoms with E-state index in [9.17, 15) is 9.59 Å². The van der Waals surface area contributed by atoms with Crippen LogP contribution >= 0.6 is 0 Å². The fraction of sp³-hybridized carbons (Fsp3) is 0.800. The highest BCUT2D eigenvalue weighted by Gasteiger charge is 2.23. The fourth-order valence-electron chi connectivity index (χ4n) is 1.61. The van der Waals surface area contributed by atoms with E-state index in [4.69, 9.17) is 0 Å². The van der Waals surface area contributed by atoms with E-state index in [-0.39, 0.29) is 17.7 Å². The third-order valence-electron chi connectivity index (χ3n) is 2.53. The quantitative estimate of drug-likeness (QED) is 0.609. The molecule has 0 aromatic rings. The molecule has 0 radical (unpaired) electrons. The summed E-state index contributed by atoms with van der Waals surface area (Å²) in [4.78, 5) is 26.2. The molecule has 1 aliphatic rings. The van der Waals surface area contributed by atoms with Crippen molar-refractivity contribution in [2.75, 3.05) is 26.2 Å². The monoisotopic (exact) mass is 198 g/mol. The summed E-state index contributed by atoms with van der Waals surface area (Å²) in [7, 11) is 0. The van der Waals surface area contributed by atoms with E-state index >= 15 is 0 Å². The molecule has 4 heteroatoms. The van der Waals surface area contributed by atoms with Gasteiger partial charge in [0, 0.05) is 39.0 Å². The number of nitrogens with zero attached hydrogens (tertiary/aromatic N) is 2. The van der Waals surface area contributed by atoms with Crippen molar-refractivity contribution >= 4 is 11.8 Å². The standard InChI is InChI=1S/C10H18N2O2/c1-8(2)10(14)12-6-4-11(5-7-12)9(3)13/h8H,4-7H2,1-3H3. The predicted octanol–water partition coefficient (Wildman–Crippen LogP) is 0.333. The maximum Gasteiger partial charge on any atom is 0.225 e. The Morgan fingerprint density at radius 3 is 1.79 bits per heavy atom. The molecule has 0 aliphatic carbocycles. The summed E-state index contributed by atoms with van der Waals surface area (Å²) in [5.41, 5.74) is 0. The van der Waals surface area contributed by atoms with E-state index in [2.05, 4.69) is 0 Å². The Morgan fingerprint density at radius 1 is 1.00 bits per heavy atom. The minimum Gasteiger partial charge on any atom is -0.339 e. The van der Waals surface area contributed by atoms with Crippen molar-refractivity contribution in [3.63, 3.8) is 0 Å². The summed E-state index contributed by atoms with van der Waals surface area (Å²) in [5, 5.41) is 0. The molecule has 1 saturated heterocycles. The van der Waals surface area contributed by atoms with Crippen molar-refractivity contribution in [2.24, 2.45) is 5.92 Å². The molecule has 2 amide bonds. The maximum atomic E-state index is 11.6. The molecule has 0 unspecified atom stereocenters. The van der Waals surface area contributed by atoms with Crippen molar-refractivity contribution in [3.8, 4) is 0 Å². The zero-order chi connectivity index (χ0) is 10.7. The first-order valence-corrected chi connectivity index (χ1v) is 5.06. The van der Waals surface area contributed by atoms with Crippen LogP contribution in [-0.4, -0.2) is 47.8 Å². The Morgan fingerprint density at radius 2 is 1.43 bits per heavy atom. The Labute approximate surface area is 84.9 Å². The fourth-order valence-corrected chi connectivity index (χ4v) is 1.61. The molecule has 0 spiro atoms. The van der Waals surface area contributed by atoms with Crippen molar-refractivity contribution in [2.45, 2.75) is 20.8 Å². The molecule has 0 N–H and O–H groups in total. The largest absolute Gasteiger partial charge is 0.339 e. The van der Waals surface area contributed by atoms with Gasteiger partial charge in [0.1, 0.15) is 0 Å². The lowest BCUT2D eigenvalue weighted by Gasteiger charge is -2.35. The predicted molar refractivity (Wildman–Crippen MR) is 53.7 cm³/mol. The van der Waals surface area contributed by atoms with E-state index in [0.29, 0.717) is 26.2 Å². The van der Waals surface area contributed by atoms with Crippen molar-refractivity contribution in [3.05, 3.63) is 0 Å². The molecular weight excluding hydrogens is 180 g/mol. The van der Waals surface area contributed by atoms with Crippen LogP contribution in [-0.2, 0) is 9.59 Å². The molecule has 1 fully saturated rings. The molecule has 0 saturated carbocycles. The van der Waals surface area contributed by atoms with Crippen molar-refractivity contribution < 1.29 is 9.59 Å². The average molecular weight is 198 g/mol. The van der Waals surface area contributed by atoms with Crippen LogP contribution in [0.3, 0.4) is 0 Å². The highest BCUT2D eigenvalue weighted by Crippen LogP contribution is 2.06. The van der Waals surface area contributed by atoms with E-state index < -0.39 is 0 Å². The van der Waals surface area contributed by atoms with Crippen LogP contribution in [0.4, 0.5) is 0 Å². The van der Waals surface area contributed by atoms with Gasteiger partial charge >= 0.3 is 0 Å². The molecule has 1 rings (SSSR count). The zero-order valence-electron chi connectivity index (χ0n) is 9.12. The molecule has 0 aromatic heterocycles. The lowest BCUT2D eigenvalue weighted by Crippen LogP contribution is -2.51. The highest BCUT2D eigenvalue weighted by atomic mass is 16.2. The minimum atomic E-state index is 0.0545. The van der Waals surface area contributed by atoms with Gasteiger partial charge in [-0.05, 0) is 0 Å². The second kappa shape index (κ2) is 4.44. The maximum absolute atomic E-state index is 11.6. The highest BCUT2D eigenvalue weighted by molar-refractivity contribution is 5.79. The number of piperazine rings is 1. The average Bonchev–Trinajstić information content (AvgIpc) is 2.16. The van der Waals surface area contributed by atoms with Crippen LogP contribution in [0.2, 0.25) is 0 Å². The van der Waals surface area contributed by atoms with Crippen molar-refractivity contribution in [1.82, 2.24) is 9.80 Å². The van der Waals surface area contributed by atoms with Gasteiger partial charge in [0.25, 0.3) is 0 Å². The van der Waals surface area contributed by atoms with Crippen molar-refractivity contribution in [1.29, 1.82) is 0 Å². The molecule has 4 nitrogen and oxygen atoms in total. The van der Waals surface area contributed by atoms with Crippen LogP contribution in [0.15, 0.2) is 0 Å². The molecule has 0 bridgehead atoms. The summed E-state index contributed by atoms with van der Waals surface area (Å²) in [6.07, 6.45) is 0.